The lowest BCUT2D eigenvalue weighted by molar-refractivity contribution is 0.102. The smallest absolute Gasteiger partial charge is 0.274 e. The van der Waals surface area contributed by atoms with Crippen LogP contribution in [0.4, 0.5) is 21.5 Å². The van der Waals surface area contributed by atoms with Crippen LogP contribution in [0.2, 0.25) is 0 Å². The average Bonchev–Trinajstić information content (AvgIpc) is 2.58. The number of hydrogen-bond acceptors (Lipinski definition) is 3. The van der Waals surface area contributed by atoms with Crippen LogP contribution in [0.5, 0.6) is 0 Å². The molecule has 3 rings (SSSR count). The number of carbonyl (C=O) groups excluding carboxylic acids is 1. The van der Waals surface area contributed by atoms with Crippen LogP contribution >= 0.6 is 0 Å². The van der Waals surface area contributed by atoms with Gasteiger partial charge in [0.05, 0.1) is 0 Å². The molecule has 126 valence electrons. The van der Waals surface area contributed by atoms with Gasteiger partial charge in [-0.05, 0) is 55.3 Å². The van der Waals surface area contributed by atoms with E-state index in [4.69, 9.17) is 0 Å². The van der Waals surface area contributed by atoms with Crippen molar-refractivity contribution in [3.05, 3.63) is 83.4 Å². The zero-order valence-electron chi connectivity index (χ0n) is 14.0. The second-order valence-corrected chi connectivity index (χ2v) is 5.79. The summed E-state index contributed by atoms with van der Waals surface area (Å²) in [6, 6.07) is 15.3. The van der Waals surface area contributed by atoms with Gasteiger partial charge in [-0.2, -0.15) is 0 Å². The van der Waals surface area contributed by atoms with E-state index in [9.17, 15) is 9.18 Å². The Morgan fingerprint density at radius 3 is 2.36 bits per heavy atom. The Labute approximate surface area is 145 Å². The summed E-state index contributed by atoms with van der Waals surface area (Å²) in [5.41, 5.74) is 4.31. The molecule has 0 fully saturated rings. The molecule has 5 heteroatoms. The number of pyridine rings is 1. The highest BCUT2D eigenvalue weighted by Gasteiger charge is 2.11. The van der Waals surface area contributed by atoms with Crippen molar-refractivity contribution in [2.24, 2.45) is 0 Å². The molecule has 1 amide bonds. The molecule has 25 heavy (non-hydrogen) atoms. The summed E-state index contributed by atoms with van der Waals surface area (Å²) in [6.45, 7) is 3.88. The maximum atomic E-state index is 13.3. The molecule has 0 bridgehead atoms. The average molecular weight is 335 g/mol. The van der Waals surface area contributed by atoms with Gasteiger partial charge in [0.25, 0.3) is 5.91 Å². The van der Waals surface area contributed by atoms with Crippen molar-refractivity contribution in [2.75, 3.05) is 10.6 Å². The summed E-state index contributed by atoms with van der Waals surface area (Å²) in [4.78, 5) is 16.6. The second-order valence-electron chi connectivity index (χ2n) is 5.79. The van der Waals surface area contributed by atoms with Crippen molar-refractivity contribution in [3.8, 4) is 0 Å². The highest BCUT2D eigenvalue weighted by molar-refractivity contribution is 6.04. The fourth-order valence-electron chi connectivity index (χ4n) is 2.55. The zero-order valence-corrected chi connectivity index (χ0v) is 14.0. The standard InChI is InChI=1S/C20H18FN3O/c1-13-5-3-6-14(2)19(13)24-20(25)18-12-17(9-10-22-18)23-16-8-4-7-15(21)11-16/h3-12H,1-2H3,(H,22,23)(H,24,25). The molecule has 1 heterocycles. The Kier molecular flexibility index (Phi) is 4.75. The Morgan fingerprint density at radius 1 is 0.960 bits per heavy atom. The Morgan fingerprint density at radius 2 is 1.64 bits per heavy atom. The van der Waals surface area contributed by atoms with Gasteiger partial charge in [0.15, 0.2) is 0 Å². The molecular formula is C20H18FN3O. The number of anilines is 3. The number of nitrogens with zero attached hydrogens (tertiary/aromatic N) is 1. The lowest BCUT2D eigenvalue weighted by Crippen LogP contribution is -2.15. The largest absolute Gasteiger partial charge is 0.355 e. The van der Waals surface area contributed by atoms with E-state index in [1.165, 1.54) is 12.1 Å². The van der Waals surface area contributed by atoms with E-state index in [1.807, 2.05) is 32.0 Å². The molecule has 4 nitrogen and oxygen atoms in total. The third-order valence-electron chi connectivity index (χ3n) is 3.83. The molecule has 0 aliphatic rings. The summed E-state index contributed by atoms with van der Waals surface area (Å²) in [5, 5.41) is 5.97. The van der Waals surface area contributed by atoms with Crippen LogP contribution in [-0.2, 0) is 0 Å². The Hall–Kier alpha value is -3.21. The van der Waals surface area contributed by atoms with Crippen molar-refractivity contribution >= 4 is 23.0 Å². The van der Waals surface area contributed by atoms with Crippen LogP contribution in [0.3, 0.4) is 0 Å². The number of nitrogens with one attached hydrogen (secondary N) is 2. The maximum Gasteiger partial charge on any atom is 0.274 e. The number of para-hydroxylation sites is 1. The predicted molar refractivity (Wildman–Crippen MR) is 97.8 cm³/mol. The Balaban J connectivity index is 1.80. The summed E-state index contributed by atoms with van der Waals surface area (Å²) >= 11 is 0. The number of benzene rings is 2. The molecule has 0 atom stereocenters. The third-order valence-corrected chi connectivity index (χ3v) is 3.83. The number of rotatable bonds is 4. The van der Waals surface area contributed by atoms with Crippen LogP contribution in [0, 0.1) is 19.7 Å². The van der Waals surface area contributed by atoms with Crippen LogP contribution in [0.15, 0.2) is 60.8 Å². The second kappa shape index (κ2) is 7.13. The monoisotopic (exact) mass is 335 g/mol. The highest BCUT2D eigenvalue weighted by atomic mass is 19.1. The van der Waals surface area contributed by atoms with Gasteiger partial charge in [0.1, 0.15) is 11.5 Å². The molecule has 0 saturated heterocycles. The van der Waals surface area contributed by atoms with Crippen molar-refractivity contribution in [3.63, 3.8) is 0 Å². The third kappa shape index (κ3) is 4.01. The van der Waals surface area contributed by atoms with E-state index >= 15 is 0 Å². The molecule has 0 spiro atoms. The molecule has 0 aliphatic carbocycles. The molecule has 3 aromatic rings. The summed E-state index contributed by atoms with van der Waals surface area (Å²) in [6.07, 6.45) is 1.54. The van der Waals surface area contributed by atoms with E-state index in [-0.39, 0.29) is 17.4 Å². The fraction of sp³-hybridized carbons (Fsp3) is 0.100. The SMILES string of the molecule is Cc1cccc(C)c1NC(=O)c1cc(Nc2cccc(F)c2)ccn1. The maximum absolute atomic E-state index is 13.3. The van der Waals surface area contributed by atoms with E-state index in [0.717, 1.165) is 16.8 Å². The normalized spacial score (nSPS) is 10.4. The van der Waals surface area contributed by atoms with Gasteiger partial charge < -0.3 is 10.6 Å². The van der Waals surface area contributed by atoms with Crippen molar-refractivity contribution in [2.45, 2.75) is 13.8 Å². The Bertz CT molecular complexity index is 904. The molecule has 2 aromatic carbocycles. The van der Waals surface area contributed by atoms with E-state index in [1.54, 1.807) is 30.5 Å². The lowest BCUT2D eigenvalue weighted by atomic mass is 10.1. The van der Waals surface area contributed by atoms with E-state index in [0.29, 0.717) is 11.4 Å². The summed E-state index contributed by atoms with van der Waals surface area (Å²) < 4.78 is 13.3. The number of aromatic nitrogens is 1. The first-order valence-corrected chi connectivity index (χ1v) is 7.89. The van der Waals surface area contributed by atoms with Crippen molar-refractivity contribution in [1.29, 1.82) is 0 Å². The molecule has 0 aliphatic heterocycles. The molecule has 0 radical (unpaired) electrons. The summed E-state index contributed by atoms with van der Waals surface area (Å²) in [5.74, 6) is -0.618. The minimum Gasteiger partial charge on any atom is -0.355 e. The summed E-state index contributed by atoms with van der Waals surface area (Å²) in [7, 11) is 0. The van der Waals surface area contributed by atoms with Crippen LogP contribution in [0.1, 0.15) is 21.6 Å². The van der Waals surface area contributed by atoms with Gasteiger partial charge >= 0.3 is 0 Å². The zero-order chi connectivity index (χ0) is 17.8. The highest BCUT2D eigenvalue weighted by Crippen LogP contribution is 2.21. The number of carbonyl (C=O) groups is 1. The molecule has 1 aromatic heterocycles. The van der Waals surface area contributed by atoms with Gasteiger partial charge in [0, 0.05) is 23.3 Å². The first-order valence-electron chi connectivity index (χ1n) is 7.89. The van der Waals surface area contributed by atoms with Crippen LogP contribution in [0.25, 0.3) is 0 Å². The van der Waals surface area contributed by atoms with Crippen LogP contribution in [-0.4, -0.2) is 10.9 Å². The van der Waals surface area contributed by atoms with E-state index < -0.39 is 0 Å². The van der Waals surface area contributed by atoms with Gasteiger partial charge in [-0.25, -0.2) is 4.39 Å². The first-order chi connectivity index (χ1) is 12.0. The molecule has 2 N–H and O–H groups in total. The molecule has 0 saturated carbocycles. The van der Waals surface area contributed by atoms with Gasteiger partial charge in [0.2, 0.25) is 0 Å². The van der Waals surface area contributed by atoms with E-state index in [2.05, 4.69) is 15.6 Å². The molecule has 0 unspecified atom stereocenters. The van der Waals surface area contributed by atoms with Crippen molar-refractivity contribution in [1.82, 2.24) is 4.98 Å². The number of halogens is 1. The minimum absolute atomic E-state index is 0.282. The predicted octanol–water partition coefficient (Wildman–Crippen LogP) is 4.83. The van der Waals surface area contributed by atoms with Gasteiger partial charge in [-0.3, -0.25) is 9.78 Å². The quantitative estimate of drug-likeness (QED) is 0.718. The fourth-order valence-corrected chi connectivity index (χ4v) is 2.55. The molecular weight excluding hydrogens is 317 g/mol. The topological polar surface area (TPSA) is 54.0 Å². The first kappa shape index (κ1) is 16.6. The number of hydrogen-bond donors (Lipinski definition) is 2. The van der Waals surface area contributed by atoms with Crippen molar-refractivity contribution < 1.29 is 9.18 Å². The lowest BCUT2D eigenvalue weighted by Gasteiger charge is -2.12. The van der Waals surface area contributed by atoms with Gasteiger partial charge in [-0.1, -0.05) is 24.3 Å². The van der Waals surface area contributed by atoms with Gasteiger partial charge in [-0.15, -0.1) is 0 Å². The number of amides is 1. The van der Waals surface area contributed by atoms with Crippen LogP contribution < -0.4 is 10.6 Å². The number of aryl methyl sites for hydroxylation is 2. The minimum atomic E-state index is -0.327.